The molecule has 0 spiro atoms. The number of benzene rings is 1. The lowest BCUT2D eigenvalue weighted by atomic mass is 10.0. The molecule has 0 saturated heterocycles. The first-order valence-electron chi connectivity index (χ1n) is 8.55. The third kappa shape index (κ3) is 5.70. The third-order valence-corrected chi connectivity index (χ3v) is 4.23. The second-order valence-electron chi connectivity index (χ2n) is 6.60. The molecule has 0 radical (unpaired) electrons. The molecule has 21 heavy (non-hydrogen) atoms. The van der Waals surface area contributed by atoms with Crippen molar-refractivity contribution in [3.63, 3.8) is 0 Å². The summed E-state index contributed by atoms with van der Waals surface area (Å²) in [5, 5.41) is 3.62. The fraction of sp³-hybridized carbons (Fsp3) is 0.684. The Bertz CT molecular complexity index is 383. The molecule has 0 aliphatic rings. The summed E-state index contributed by atoms with van der Waals surface area (Å²) in [5.41, 5.74) is 2.72. The SMILES string of the molecule is CCCNC(CC)c1ccc(N(C)C(C)CC(C)C)cc1. The Morgan fingerprint density at radius 3 is 2.14 bits per heavy atom. The minimum Gasteiger partial charge on any atom is -0.372 e. The molecule has 2 atom stereocenters. The molecule has 1 aromatic carbocycles. The predicted octanol–water partition coefficient (Wildman–Crippen LogP) is 5.01. The predicted molar refractivity (Wildman–Crippen MR) is 95.1 cm³/mol. The highest BCUT2D eigenvalue weighted by Gasteiger charge is 2.13. The van der Waals surface area contributed by atoms with E-state index < -0.39 is 0 Å². The quantitative estimate of drug-likeness (QED) is 0.688. The van der Waals surface area contributed by atoms with Gasteiger partial charge in [-0.1, -0.05) is 39.8 Å². The van der Waals surface area contributed by atoms with Crippen LogP contribution >= 0.6 is 0 Å². The average molecular weight is 290 g/mol. The van der Waals surface area contributed by atoms with Crippen LogP contribution in [0.1, 0.15) is 65.5 Å². The third-order valence-electron chi connectivity index (χ3n) is 4.23. The van der Waals surface area contributed by atoms with Crippen molar-refractivity contribution < 1.29 is 0 Å². The van der Waals surface area contributed by atoms with Gasteiger partial charge in [0.05, 0.1) is 0 Å². The first kappa shape index (κ1) is 18.0. The molecule has 0 aliphatic heterocycles. The fourth-order valence-electron chi connectivity index (χ4n) is 2.85. The van der Waals surface area contributed by atoms with E-state index >= 15 is 0 Å². The van der Waals surface area contributed by atoms with Crippen LogP contribution in [0.25, 0.3) is 0 Å². The van der Waals surface area contributed by atoms with Gasteiger partial charge >= 0.3 is 0 Å². The van der Waals surface area contributed by atoms with Gasteiger partial charge in [-0.2, -0.15) is 0 Å². The zero-order chi connectivity index (χ0) is 15.8. The van der Waals surface area contributed by atoms with Crippen molar-refractivity contribution in [3.8, 4) is 0 Å². The van der Waals surface area contributed by atoms with E-state index in [9.17, 15) is 0 Å². The van der Waals surface area contributed by atoms with Gasteiger partial charge in [0.25, 0.3) is 0 Å². The Morgan fingerprint density at radius 1 is 1.05 bits per heavy atom. The number of nitrogens with zero attached hydrogens (tertiary/aromatic N) is 1. The molecule has 0 bridgehead atoms. The Hall–Kier alpha value is -1.02. The van der Waals surface area contributed by atoms with Crippen LogP contribution in [0.15, 0.2) is 24.3 Å². The molecule has 0 aromatic heterocycles. The van der Waals surface area contributed by atoms with Gasteiger partial charge < -0.3 is 10.2 Å². The molecule has 2 unspecified atom stereocenters. The van der Waals surface area contributed by atoms with Crippen LogP contribution in [0.4, 0.5) is 5.69 Å². The Kier molecular flexibility index (Phi) is 7.81. The Morgan fingerprint density at radius 2 is 1.67 bits per heavy atom. The summed E-state index contributed by atoms with van der Waals surface area (Å²) in [4.78, 5) is 2.39. The van der Waals surface area contributed by atoms with E-state index in [1.165, 1.54) is 24.1 Å². The minimum atomic E-state index is 0.484. The highest BCUT2D eigenvalue weighted by molar-refractivity contribution is 5.48. The molecule has 0 aliphatic carbocycles. The van der Waals surface area contributed by atoms with Crippen molar-refractivity contribution >= 4 is 5.69 Å². The topological polar surface area (TPSA) is 15.3 Å². The van der Waals surface area contributed by atoms with Crippen molar-refractivity contribution in [1.29, 1.82) is 0 Å². The van der Waals surface area contributed by atoms with E-state index in [-0.39, 0.29) is 0 Å². The first-order valence-corrected chi connectivity index (χ1v) is 8.55. The average Bonchev–Trinajstić information content (AvgIpc) is 2.47. The summed E-state index contributed by atoms with van der Waals surface area (Å²) in [7, 11) is 2.20. The molecule has 120 valence electrons. The second kappa shape index (κ2) is 9.09. The molecular formula is C19H34N2. The van der Waals surface area contributed by atoms with E-state index in [1.54, 1.807) is 0 Å². The van der Waals surface area contributed by atoms with Crippen LogP contribution in [-0.2, 0) is 0 Å². The van der Waals surface area contributed by atoms with Gasteiger partial charge in [0.2, 0.25) is 0 Å². The van der Waals surface area contributed by atoms with Crippen LogP contribution in [0.3, 0.4) is 0 Å². The van der Waals surface area contributed by atoms with Crippen LogP contribution in [-0.4, -0.2) is 19.6 Å². The maximum absolute atomic E-state index is 3.62. The lowest BCUT2D eigenvalue weighted by molar-refractivity contribution is 0.503. The molecule has 2 nitrogen and oxygen atoms in total. The Labute approximate surface area is 131 Å². The molecule has 0 fully saturated rings. The van der Waals surface area contributed by atoms with Crippen molar-refractivity contribution in [2.24, 2.45) is 5.92 Å². The van der Waals surface area contributed by atoms with Gasteiger partial charge in [0.15, 0.2) is 0 Å². The molecule has 1 rings (SSSR count). The summed E-state index contributed by atoms with van der Waals surface area (Å²) in [6, 6.07) is 10.2. The van der Waals surface area contributed by atoms with Crippen LogP contribution < -0.4 is 10.2 Å². The van der Waals surface area contributed by atoms with E-state index in [0.29, 0.717) is 12.1 Å². The lowest BCUT2D eigenvalue weighted by Crippen LogP contribution is -2.30. The van der Waals surface area contributed by atoms with Crippen molar-refractivity contribution in [3.05, 3.63) is 29.8 Å². The molecule has 0 amide bonds. The van der Waals surface area contributed by atoms with Crippen molar-refractivity contribution in [2.45, 2.75) is 66.0 Å². The van der Waals surface area contributed by atoms with Gasteiger partial charge in [0, 0.05) is 24.8 Å². The Balaban J connectivity index is 2.72. The standard InChI is InChI=1S/C19H34N2/c1-7-13-20-19(8-2)17-9-11-18(12-10-17)21(6)16(5)14-15(3)4/h9-12,15-16,19-20H,7-8,13-14H2,1-6H3. The highest BCUT2D eigenvalue weighted by Crippen LogP contribution is 2.23. The summed E-state index contributed by atoms with van der Waals surface area (Å²) in [5.74, 6) is 0.740. The van der Waals surface area contributed by atoms with Gasteiger partial charge in [-0.3, -0.25) is 0 Å². The highest BCUT2D eigenvalue weighted by atomic mass is 15.1. The van der Waals surface area contributed by atoms with Gasteiger partial charge in [-0.15, -0.1) is 0 Å². The van der Waals surface area contributed by atoms with Crippen molar-refractivity contribution in [2.75, 3.05) is 18.5 Å². The fourth-order valence-corrected chi connectivity index (χ4v) is 2.85. The molecule has 1 aromatic rings. The van der Waals surface area contributed by atoms with E-state index in [4.69, 9.17) is 0 Å². The molecular weight excluding hydrogens is 256 g/mol. The minimum absolute atomic E-state index is 0.484. The summed E-state index contributed by atoms with van der Waals surface area (Å²) < 4.78 is 0. The van der Waals surface area contributed by atoms with Crippen LogP contribution in [0.5, 0.6) is 0 Å². The monoisotopic (exact) mass is 290 g/mol. The summed E-state index contributed by atoms with van der Waals surface area (Å²) in [6.07, 6.45) is 3.55. The van der Waals surface area contributed by atoms with Gasteiger partial charge in [-0.25, -0.2) is 0 Å². The summed E-state index contributed by atoms with van der Waals surface area (Å²) >= 11 is 0. The van der Waals surface area contributed by atoms with E-state index in [2.05, 4.69) is 76.1 Å². The number of rotatable bonds is 9. The van der Waals surface area contributed by atoms with Crippen LogP contribution in [0.2, 0.25) is 0 Å². The second-order valence-corrected chi connectivity index (χ2v) is 6.60. The molecule has 0 saturated carbocycles. The van der Waals surface area contributed by atoms with Crippen LogP contribution in [0, 0.1) is 5.92 Å². The van der Waals surface area contributed by atoms with Crippen molar-refractivity contribution in [1.82, 2.24) is 5.32 Å². The van der Waals surface area contributed by atoms with E-state index in [1.807, 2.05) is 0 Å². The lowest BCUT2D eigenvalue weighted by Gasteiger charge is -2.29. The number of nitrogens with one attached hydrogen (secondary N) is 1. The number of hydrogen-bond acceptors (Lipinski definition) is 2. The smallest absolute Gasteiger partial charge is 0.0366 e. The molecule has 1 N–H and O–H groups in total. The normalized spacial score (nSPS) is 14.2. The number of anilines is 1. The van der Waals surface area contributed by atoms with E-state index in [0.717, 1.165) is 18.9 Å². The number of hydrogen-bond donors (Lipinski definition) is 1. The molecule has 0 heterocycles. The first-order chi connectivity index (χ1) is 9.99. The maximum Gasteiger partial charge on any atom is 0.0366 e. The largest absolute Gasteiger partial charge is 0.372 e. The summed E-state index contributed by atoms with van der Waals surface area (Å²) in [6.45, 7) is 12.4. The zero-order valence-electron chi connectivity index (χ0n) is 14.8. The zero-order valence-corrected chi connectivity index (χ0v) is 14.8. The van der Waals surface area contributed by atoms with Gasteiger partial charge in [0.1, 0.15) is 0 Å². The molecule has 2 heteroatoms. The van der Waals surface area contributed by atoms with Gasteiger partial charge in [-0.05, 0) is 56.3 Å². The maximum atomic E-state index is 3.62.